The zero-order valence-corrected chi connectivity index (χ0v) is 7.44. The van der Waals surface area contributed by atoms with E-state index in [-0.39, 0.29) is 5.54 Å². The third kappa shape index (κ3) is 7.47. The van der Waals surface area contributed by atoms with Gasteiger partial charge in [0, 0.05) is 11.8 Å². The first-order valence-electron chi connectivity index (χ1n) is 3.85. The summed E-state index contributed by atoms with van der Waals surface area (Å²) in [7, 11) is 0. The maximum atomic E-state index is 4.06. The normalized spacial score (nSPS) is 12.4. The highest BCUT2D eigenvalue weighted by molar-refractivity contribution is 5.56. The van der Waals surface area contributed by atoms with E-state index in [9.17, 15) is 0 Å². The monoisotopic (exact) mass is 142 g/mol. The molecule has 2 heteroatoms. The molecule has 0 saturated carbocycles. The van der Waals surface area contributed by atoms with Gasteiger partial charge in [0.2, 0.25) is 0 Å². The molecule has 0 heterocycles. The Balaban J connectivity index is 3.34. The molecule has 0 fully saturated rings. The second-order valence-electron chi connectivity index (χ2n) is 3.46. The number of hydrazone groups is 1. The van der Waals surface area contributed by atoms with E-state index in [0.717, 1.165) is 12.8 Å². The zero-order chi connectivity index (χ0) is 8.04. The van der Waals surface area contributed by atoms with Crippen molar-refractivity contribution in [2.45, 2.75) is 46.1 Å². The van der Waals surface area contributed by atoms with Gasteiger partial charge in [0.1, 0.15) is 0 Å². The highest BCUT2D eigenvalue weighted by Crippen LogP contribution is 1.96. The van der Waals surface area contributed by atoms with Gasteiger partial charge >= 0.3 is 0 Å². The first-order valence-corrected chi connectivity index (χ1v) is 3.85. The Morgan fingerprint density at radius 2 is 2.00 bits per heavy atom. The molecule has 0 spiro atoms. The molecule has 60 valence electrons. The van der Waals surface area contributed by atoms with E-state index < -0.39 is 0 Å². The standard InChI is InChI=1S/C8H18N2/c1-5-6-7-9-10-8(2,3)4/h7,10H,5-6H2,1-4H3/b9-7+. The highest BCUT2D eigenvalue weighted by Gasteiger charge is 2.04. The van der Waals surface area contributed by atoms with E-state index in [1.807, 2.05) is 6.21 Å². The fourth-order valence-electron chi connectivity index (χ4n) is 0.433. The van der Waals surface area contributed by atoms with Gasteiger partial charge in [-0.2, -0.15) is 5.10 Å². The van der Waals surface area contributed by atoms with Gasteiger partial charge in [0.15, 0.2) is 0 Å². The molecule has 0 aromatic carbocycles. The van der Waals surface area contributed by atoms with Crippen molar-refractivity contribution in [3.63, 3.8) is 0 Å². The largest absolute Gasteiger partial charge is 0.305 e. The maximum absolute atomic E-state index is 4.06. The summed E-state index contributed by atoms with van der Waals surface area (Å²) in [6.45, 7) is 8.42. The molecule has 0 radical (unpaired) electrons. The number of unbranched alkanes of at least 4 members (excludes halogenated alkanes) is 1. The van der Waals surface area contributed by atoms with E-state index in [1.165, 1.54) is 0 Å². The van der Waals surface area contributed by atoms with Gasteiger partial charge in [0.25, 0.3) is 0 Å². The summed E-state index contributed by atoms with van der Waals surface area (Å²) in [6.07, 6.45) is 4.14. The van der Waals surface area contributed by atoms with E-state index in [4.69, 9.17) is 0 Å². The molecule has 2 nitrogen and oxygen atoms in total. The Morgan fingerprint density at radius 3 is 2.40 bits per heavy atom. The summed E-state index contributed by atoms with van der Waals surface area (Å²) in [6, 6.07) is 0. The minimum Gasteiger partial charge on any atom is -0.305 e. The Bertz CT molecular complexity index is 100. The number of rotatable bonds is 3. The third-order valence-electron chi connectivity index (χ3n) is 0.909. The Hall–Kier alpha value is -0.530. The maximum Gasteiger partial charge on any atom is 0.0464 e. The number of hydrogen-bond acceptors (Lipinski definition) is 2. The molecule has 0 aliphatic carbocycles. The first-order chi connectivity index (χ1) is 4.56. The summed E-state index contributed by atoms with van der Waals surface area (Å²) < 4.78 is 0. The molecule has 0 aromatic heterocycles. The van der Waals surface area contributed by atoms with Crippen LogP contribution in [0.1, 0.15) is 40.5 Å². The van der Waals surface area contributed by atoms with Gasteiger partial charge in [-0.3, -0.25) is 0 Å². The molecular formula is C8H18N2. The topological polar surface area (TPSA) is 24.4 Å². The third-order valence-corrected chi connectivity index (χ3v) is 0.909. The SMILES string of the molecule is CCC/C=N/NC(C)(C)C. The van der Waals surface area contributed by atoms with Crippen molar-refractivity contribution >= 4 is 6.21 Å². The van der Waals surface area contributed by atoms with E-state index in [0.29, 0.717) is 0 Å². The molecule has 10 heavy (non-hydrogen) atoms. The quantitative estimate of drug-likeness (QED) is 0.474. The van der Waals surface area contributed by atoms with Crippen LogP contribution in [-0.2, 0) is 0 Å². The van der Waals surface area contributed by atoms with Crippen LogP contribution in [0.25, 0.3) is 0 Å². The van der Waals surface area contributed by atoms with Crippen LogP contribution >= 0.6 is 0 Å². The summed E-state index contributed by atoms with van der Waals surface area (Å²) in [5, 5.41) is 4.06. The molecule has 0 aliphatic heterocycles. The lowest BCUT2D eigenvalue weighted by Crippen LogP contribution is -2.31. The molecule has 0 rings (SSSR count). The Morgan fingerprint density at radius 1 is 1.40 bits per heavy atom. The smallest absolute Gasteiger partial charge is 0.0464 e. The summed E-state index contributed by atoms with van der Waals surface area (Å²) in [4.78, 5) is 0. The van der Waals surface area contributed by atoms with Crippen LogP contribution in [-0.4, -0.2) is 11.8 Å². The Kier molecular flexibility index (Phi) is 4.08. The molecule has 0 atom stereocenters. The predicted molar refractivity (Wildman–Crippen MR) is 46.3 cm³/mol. The van der Waals surface area contributed by atoms with Crippen molar-refractivity contribution in [3.8, 4) is 0 Å². The van der Waals surface area contributed by atoms with Crippen LogP contribution < -0.4 is 5.43 Å². The lowest BCUT2D eigenvalue weighted by Gasteiger charge is -2.16. The molecule has 0 saturated heterocycles. The summed E-state index contributed by atoms with van der Waals surface area (Å²) in [5.41, 5.74) is 3.13. The summed E-state index contributed by atoms with van der Waals surface area (Å²) in [5.74, 6) is 0. The zero-order valence-electron chi connectivity index (χ0n) is 7.44. The summed E-state index contributed by atoms with van der Waals surface area (Å²) >= 11 is 0. The van der Waals surface area contributed by atoms with Gasteiger partial charge in [-0.15, -0.1) is 0 Å². The molecule has 0 unspecified atom stereocenters. The van der Waals surface area contributed by atoms with Crippen LogP contribution in [0.5, 0.6) is 0 Å². The van der Waals surface area contributed by atoms with Crippen molar-refractivity contribution in [2.24, 2.45) is 5.10 Å². The molecule has 0 aliphatic rings. The van der Waals surface area contributed by atoms with Crippen LogP contribution in [0.2, 0.25) is 0 Å². The van der Waals surface area contributed by atoms with Gasteiger partial charge < -0.3 is 5.43 Å². The molecule has 0 bridgehead atoms. The average Bonchev–Trinajstić information content (AvgIpc) is 1.78. The molecule has 0 amide bonds. The van der Waals surface area contributed by atoms with Crippen molar-refractivity contribution in [3.05, 3.63) is 0 Å². The van der Waals surface area contributed by atoms with Crippen molar-refractivity contribution in [2.75, 3.05) is 0 Å². The highest BCUT2D eigenvalue weighted by atomic mass is 15.3. The minimum atomic E-state index is 0.101. The van der Waals surface area contributed by atoms with E-state index >= 15 is 0 Å². The average molecular weight is 142 g/mol. The second-order valence-corrected chi connectivity index (χ2v) is 3.46. The van der Waals surface area contributed by atoms with Gasteiger partial charge in [-0.1, -0.05) is 13.3 Å². The minimum absolute atomic E-state index is 0.101. The van der Waals surface area contributed by atoms with Gasteiger partial charge in [-0.25, -0.2) is 0 Å². The molecule has 0 aromatic rings. The Labute approximate surface area is 63.7 Å². The van der Waals surface area contributed by atoms with Crippen molar-refractivity contribution in [1.82, 2.24) is 5.43 Å². The molecule has 1 N–H and O–H groups in total. The molecular weight excluding hydrogens is 124 g/mol. The number of hydrogen-bond donors (Lipinski definition) is 1. The lowest BCUT2D eigenvalue weighted by atomic mass is 10.1. The van der Waals surface area contributed by atoms with Crippen LogP contribution in [0.3, 0.4) is 0 Å². The van der Waals surface area contributed by atoms with E-state index in [1.54, 1.807) is 0 Å². The van der Waals surface area contributed by atoms with Crippen LogP contribution in [0.15, 0.2) is 5.10 Å². The van der Waals surface area contributed by atoms with Gasteiger partial charge in [0.05, 0.1) is 0 Å². The van der Waals surface area contributed by atoms with Crippen molar-refractivity contribution in [1.29, 1.82) is 0 Å². The predicted octanol–water partition coefficient (Wildman–Crippen LogP) is 2.16. The number of nitrogens with zero attached hydrogens (tertiary/aromatic N) is 1. The fourth-order valence-corrected chi connectivity index (χ4v) is 0.433. The van der Waals surface area contributed by atoms with Gasteiger partial charge in [-0.05, 0) is 27.2 Å². The lowest BCUT2D eigenvalue weighted by molar-refractivity contribution is 0.441. The fraction of sp³-hybridized carbons (Fsp3) is 0.875. The van der Waals surface area contributed by atoms with E-state index in [2.05, 4.69) is 38.2 Å². The second kappa shape index (κ2) is 4.31. The van der Waals surface area contributed by atoms with Crippen molar-refractivity contribution < 1.29 is 0 Å². The number of nitrogens with one attached hydrogen (secondary N) is 1. The van der Waals surface area contributed by atoms with Crippen LogP contribution in [0, 0.1) is 0 Å². The van der Waals surface area contributed by atoms with Crippen LogP contribution in [0.4, 0.5) is 0 Å². The first kappa shape index (κ1) is 9.47.